The van der Waals surface area contributed by atoms with Gasteiger partial charge in [-0.25, -0.2) is 9.99 Å². The topological polar surface area (TPSA) is 78.3 Å². The Morgan fingerprint density at radius 2 is 1.67 bits per heavy atom. The number of phenols is 1. The number of phenolic OH excluding ortho intramolecular Hbond substituents is 1. The number of carbonyl (C=O) groups is 1. The molecule has 0 fully saturated rings. The van der Waals surface area contributed by atoms with E-state index in [1.54, 1.807) is 11.1 Å². The molecular formula is C34H30N4O3S. The number of ether oxygens (including phenoxy) is 1. The summed E-state index contributed by atoms with van der Waals surface area (Å²) in [6.07, 6.45) is 0. The van der Waals surface area contributed by atoms with Gasteiger partial charge in [-0.2, -0.15) is 5.10 Å². The van der Waals surface area contributed by atoms with Crippen molar-refractivity contribution in [1.82, 2.24) is 9.99 Å². The van der Waals surface area contributed by atoms with E-state index < -0.39 is 5.54 Å². The summed E-state index contributed by atoms with van der Waals surface area (Å²) in [5, 5.41) is 18.5. The Morgan fingerprint density at radius 1 is 0.929 bits per heavy atom. The number of benzene rings is 4. The van der Waals surface area contributed by atoms with Crippen LogP contribution in [0.15, 0.2) is 84.0 Å². The molecule has 7 nitrogen and oxygen atoms in total. The monoisotopic (exact) mass is 574 g/mol. The summed E-state index contributed by atoms with van der Waals surface area (Å²) in [7, 11) is 0. The number of hydrazone groups is 1. The van der Waals surface area contributed by atoms with E-state index in [0.29, 0.717) is 27.6 Å². The van der Waals surface area contributed by atoms with Gasteiger partial charge < -0.3 is 14.7 Å². The molecule has 3 heterocycles. The lowest BCUT2D eigenvalue weighted by molar-refractivity contribution is 0.0673. The Bertz CT molecular complexity index is 1890. The SMILES string of the molecule is CCN(CC)c1ccc2c(c1)Oc1cc(O)c(-c3nc4ccccc4s3)cc1[C@@]21c2ccccc2C(=O)N1N=C(C)C. The van der Waals surface area contributed by atoms with Crippen LogP contribution in [0.4, 0.5) is 5.69 Å². The number of fused-ring (bicyclic) bond motifs is 7. The number of thiazole rings is 1. The first kappa shape index (κ1) is 26.2. The third-order valence-corrected chi connectivity index (χ3v) is 9.14. The van der Waals surface area contributed by atoms with Gasteiger partial charge in [-0.05, 0) is 58.0 Å². The predicted octanol–water partition coefficient (Wildman–Crippen LogP) is 7.76. The van der Waals surface area contributed by atoms with Gasteiger partial charge in [-0.1, -0.05) is 36.4 Å². The molecule has 1 spiro atoms. The summed E-state index contributed by atoms with van der Waals surface area (Å²) in [6.45, 7) is 9.70. The summed E-state index contributed by atoms with van der Waals surface area (Å²) in [5.74, 6) is 0.969. The Morgan fingerprint density at radius 3 is 2.43 bits per heavy atom. The summed E-state index contributed by atoms with van der Waals surface area (Å²) >= 11 is 1.51. The number of para-hydroxylation sites is 1. The molecule has 0 saturated carbocycles. The van der Waals surface area contributed by atoms with Crippen molar-refractivity contribution >= 4 is 38.9 Å². The Balaban J connectivity index is 1.56. The van der Waals surface area contributed by atoms with Gasteiger partial charge in [0.15, 0.2) is 0 Å². The van der Waals surface area contributed by atoms with Gasteiger partial charge in [0.25, 0.3) is 5.91 Å². The van der Waals surface area contributed by atoms with E-state index in [1.165, 1.54) is 11.3 Å². The molecule has 0 unspecified atom stereocenters. The molecule has 1 atom stereocenters. The van der Waals surface area contributed by atoms with Gasteiger partial charge in [0.2, 0.25) is 0 Å². The van der Waals surface area contributed by atoms with Gasteiger partial charge in [-0.15, -0.1) is 11.3 Å². The van der Waals surface area contributed by atoms with Crippen molar-refractivity contribution in [3.63, 3.8) is 0 Å². The average Bonchev–Trinajstić information content (AvgIpc) is 3.52. The molecule has 1 aromatic heterocycles. The molecule has 42 heavy (non-hydrogen) atoms. The van der Waals surface area contributed by atoms with Crippen LogP contribution in [-0.4, -0.2) is 39.8 Å². The van der Waals surface area contributed by atoms with E-state index in [1.807, 2.05) is 74.5 Å². The van der Waals surface area contributed by atoms with E-state index in [0.717, 1.165) is 51.4 Å². The van der Waals surface area contributed by atoms with Crippen molar-refractivity contribution in [2.24, 2.45) is 5.10 Å². The third-order valence-electron chi connectivity index (χ3n) is 8.07. The highest BCUT2D eigenvalue weighted by Gasteiger charge is 2.57. The third kappa shape index (κ3) is 3.68. The number of amides is 1. The first-order valence-electron chi connectivity index (χ1n) is 14.1. The summed E-state index contributed by atoms with van der Waals surface area (Å²) in [6, 6.07) is 25.3. The maximum absolute atomic E-state index is 14.1. The van der Waals surface area contributed by atoms with Crippen LogP contribution in [0.25, 0.3) is 20.8 Å². The number of rotatable bonds is 5. The molecule has 2 aliphatic rings. The zero-order valence-corrected chi connectivity index (χ0v) is 24.7. The van der Waals surface area contributed by atoms with E-state index in [4.69, 9.17) is 14.8 Å². The first-order chi connectivity index (χ1) is 20.4. The van der Waals surface area contributed by atoms with E-state index in [2.05, 4.69) is 30.9 Å². The second-order valence-electron chi connectivity index (χ2n) is 10.7. The number of nitrogens with zero attached hydrogens (tertiary/aromatic N) is 4. The quantitative estimate of drug-likeness (QED) is 0.217. The number of aromatic nitrogens is 1. The molecule has 1 amide bonds. The van der Waals surface area contributed by atoms with E-state index in [-0.39, 0.29) is 11.7 Å². The minimum absolute atomic E-state index is 0.0608. The maximum Gasteiger partial charge on any atom is 0.275 e. The minimum Gasteiger partial charge on any atom is -0.507 e. The summed E-state index contributed by atoms with van der Waals surface area (Å²) < 4.78 is 7.62. The van der Waals surface area contributed by atoms with Gasteiger partial charge in [0.1, 0.15) is 27.8 Å². The molecule has 1 N–H and O–H groups in total. The largest absolute Gasteiger partial charge is 0.507 e. The number of hydrogen-bond donors (Lipinski definition) is 1. The van der Waals surface area contributed by atoms with Crippen molar-refractivity contribution < 1.29 is 14.6 Å². The number of aromatic hydroxyl groups is 1. The molecule has 4 aromatic carbocycles. The Labute approximate surface area is 248 Å². The van der Waals surface area contributed by atoms with Crippen LogP contribution in [-0.2, 0) is 5.54 Å². The fourth-order valence-corrected chi connectivity index (χ4v) is 7.23. The van der Waals surface area contributed by atoms with E-state index >= 15 is 0 Å². The van der Waals surface area contributed by atoms with Crippen LogP contribution < -0.4 is 9.64 Å². The van der Waals surface area contributed by atoms with Crippen molar-refractivity contribution in [2.45, 2.75) is 33.2 Å². The van der Waals surface area contributed by atoms with Crippen molar-refractivity contribution in [2.75, 3.05) is 18.0 Å². The lowest BCUT2D eigenvalue weighted by Crippen LogP contribution is -2.44. The number of hydrogen-bond acceptors (Lipinski definition) is 7. The highest BCUT2D eigenvalue weighted by molar-refractivity contribution is 7.21. The maximum atomic E-state index is 14.1. The fourth-order valence-electron chi connectivity index (χ4n) is 6.24. The normalized spacial score (nSPS) is 16.7. The first-order valence-corrected chi connectivity index (χ1v) is 14.9. The van der Waals surface area contributed by atoms with Gasteiger partial charge >= 0.3 is 0 Å². The highest BCUT2D eigenvalue weighted by Crippen LogP contribution is 2.59. The summed E-state index contributed by atoms with van der Waals surface area (Å²) in [5.41, 5.74) is 5.04. The number of anilines is 1. The van der Waals surface area contributed by atoms with Crippen molar-refractivity contribution in [3.8, 4) is 27.8 Å². The van der Waals surface area contributed by atoms with Crippen LogP contribution in [0.1, 0.15) is 54.7 Å². The van der Waals surface area contributed by atoms with Crippen LogP contribution in [0, 0.1) is 0 Å². The molecule has 0 bridgehead atoms. The molecule has 5 aromatic rings. The molecule has 0 saturated heterocycles. The lowest BCUT2D eigenvalue weighted by atomic mass is 9.74. The lowest BCUT2D eigenvalue weighted by Gasteiger charge is -2.42. The van der Waals surface area contributed by atoms with Crippen LogP contribution in [0.3, 0.4) is 0 Å². The van der Waals surface area contributed by atoms with Crippen molar-refractivity contribution in [3.05, 3.63) is 101 Å². The molecule has 0 aliphatic carbocycles. The second-order valence-corrected chi connectivity index (χ2v) is 11.8. The smallest absolute Gasteiger partial charge is 0.275 e. The summed E-state index contributed by atoms with van der Waals surface area (Å²) in [4.78, 5) is 21.2. The van der Waals surface area contributed by atoms with Gasteiger partial charge in [0, 0.05) is 58.9 Å². The fraction of sp³-hybridized carbons (Fsp3) is 0.206. The molecule has 0 radical (unpaired) electrons. The van der Waals surface area contributed by atoms with Crippen LogP contribution in [0.5, 0.6) is 17.2 Å². The minimum atomic E-state index is -1.12. The Hall–Kier alpha value is -4.69. The van der Waals surface area contributed by atoms with Gasteiger partial charge in [-0.3, -0.25) is 4.79 Å². The second kappa shape index (κ2) is 9.70. The van der Waals surface area contributed by atoms with Gasteiger partial charge in [0.05, 0.1) is 15.8 Å². The standard InChI is InChI=1S/C34H30N4O3S/c1-5-37(6-2)21-15-16-25-29(17-21)41-30-19-28(39)23(32-35-27-13-9-10-14-31(27)42-32)18-26(30)34(25)24-12-8-7-11-22(24)33(40)38(34)36-20(3)4/h7-19,39H,5-6H2,1-4H3/t34-/m1/s1. The predicted molar refractivity (Wildman–Crippen MR) is 168 cm³/mol. The molecule has 7 rings (SSSR count). The van der Waals surface area contributed by atoms with Crippen LogP contribution >= 0.6 is 11.3 Å². The zero-order chi connectivity index (χ0) is 29.2. The highest BCUT2D eigenvalue weighted by atomic mass is 32.1. The van der Waals surface area contributed by atoms with E-state index in [9.17, 15) is 9.90 Å². The molecular weight excluding hydrogens is 544 g/mol. The molecule has 210 valence electrons. The van der Waals surface area contributed by atoms with Crippen molar-refractivity contribution in [1.29, 1.82) is 0 Å². The average molecular weight is 575 g/mol. The Kier molecular flexibility index (Phi) is 6.06. The zero-order valence-electron chi connectivity index (χ0n) is 23.9. The number of carbonyl (C=O) groups excluding carboxylic acids is 1. The van der Waals surface area contributed by atoms with Crippen LogP contribution in [0.2, 0.25) is 0 Å². The molecule has 8 heteroatoms. The molecule has 2 aliphatic heterocycles.